The van der Waals surface area contributed by atoms with Crippen LogP contribution in [0.25, 0.3) is 10.2 Å². The van der Waals surface area contributed by atoms with Crippen LogP contribution in [0, 0.1) is 6.92 Å². The second kappa shape index (κ2) is 11.1. The summed E-state index contributed by atoms with van der Waals surface area (Å²) in [5.74, 6) is 0.409. The van der Waals surface area contributed by atoms with Crippen molar-refractivity contribution in [3.05, 3.63) is 92.8 Å². The molecule has 0 radical (unpaired) electrons. The Labute approximate surface area is 202 Å². The van der Waals surface area contributed by atoms with Crippen molar-refractivity contribution in [2.75, 3.05) is 13.2 Å². The summed E-state index contributed by atoms with van der Waals surface area (Å²) >= 11 is 1.21. The lowest BCUT2D eigenvalue weighted by molar-refractivity contribution is 0.0514. The van der Waals surface area contributed by atoms with E-state index in [9.17, 15) is 9.59 Å². The van der Waals surface area contributed by atoms with Crippen molar-refractivity contribution in [2.45, 2.75) is 39.7 Å². The van der Waals surface area contributed by atoms with E-state index < -0.39 is 5.97 Å². The van der Waals surface area contributed by atoms with Crippen molar-refractivity contribution in [1.82, 2.24) is 9.55 Å². The van der Waals surface area contributed by atoms with Crippen LogP contribution in [-0.4, -0.2) is 28.7 Å². The van der Waals surface area contributed by atoms with Gasteiger partial charge >= 0.3 is 5.97 Å². The lowest BCUT2D eigenvalue weighted by Gasteiger charge is -2.08. The molecule has 2 aromatic carbocycles. The maximum absolute atomic E-state index is 13.1. The molecule has 4 aromatic rings. The summed E-state index contributed by atoms with van der Waals surface area (Å²) in [6, 6.07) is 17.9. The molecule has 176 valence electrons. The number of nitrogens with zero attached hydrogens (tertiary/aromatic N) is 2. The maximum atomic E-state index is 13.1. The third-order valence-corrected chi connectivity index (χ3v) is 6.89. The second-order valence-corrected chi connectivity index (χ2v) is 9.05. The number of carbonyl (C=O) groups excluding carboxylic acids is 1. The van der Waals surface area contributed by atoms with E-state index in [2.05, 4.69) is 24.0 Å². The van der Waals surface area contributed by atoms with Crippen LogP contribution in [0.3, 0.4) is 0 Å². The van der Waals surface area contributed by atoms with Gasteiger partial charge in [-0.2, -0.15) is 0 Å². The fraction of sp³-hybridized carbons (Fsp3) is 0.296. The molecule has 0 bridgehead atoms. The van der Waals surface area contributed by atoms with Crippen LogP contribution < -0.4 is 10.3 Å². The largest absolute Gasteiger partial charge is 0.494 e. The molecular weight excluding hydrogens is 448 g/mol. The summed E-state index contributed by atoms with van der Waals surface area (Å²) in [6.45, 7) is 5.17. The van der Waals surface area contributed by atoms with E-state index in [1.54, 1.807) is 17.8 Å². The molecule has 0 atom stereocenters. The van der Waals surface area contributed by atoms with Gasteiger partial charge in [0.2, 0.25) is 0 Å². The number of aromatic nitrogens is 2. The van der Waals surface area contributed by atoms with Crippen molar-refractivity contribution in [2.24, 2.45) is 0 Å². The molecule has 0 unspecified atom stereocenters. The highest BCUT2D eigenvalue weighted by Gasteiger charge is 2.20. The summed E-state index contributed by atoms with van der Waals surface area (Å²) in [5, 5.41) is 0.485. The van der Waals surface area contributed by atoms with Gasteiger partial charge in [0.05, 0.1) is 24.9 Å². The first kappa shape index (κ1) is 23.7. The van der Waals surface area contributed by atoms with Crippen LogP contribution in [0.15, 0.2) is 65.7 Å². The van der Waals surface area contributed by atoms with E-state index in [0.29, 0.717) is 46.7 Å². The van der Waals surface area contributed by atoms with Gasteiger partial charge in [-0.15, -0.1) is 11.3 Å². The second-order valence-electron chi connectivity index (χ2n) is 8.05. The Bertz CT molecular complexity index is 1310. The number of benzene rings is 2. The van der Waals surface area contributed by atoms with Crippen molar-refractivity contribution in [3.63, 3.8) is 0 Å². The number of carbonyl (C=O) groups is 1. The minimum absolute atomic E-state index is 0.144. The lowest BCUT2D eigenvalue weighted by Crippen LogP contribution is -2.21. The van der Waals surface area contributed by atoms with Crippen molar-refractivity contribution < 1.29 is 14.3 Å². The third-order valence-electron chi connectivity index (χ3n) is 5.71. The predicted molar refractivity (Wildman–Crippen MR) is 135 cm³/mol. The van der Waals surface area contributed by atoms with Gasteiger partial charge in [-0.25, -0.2) is 9.78 Å². The topological polar surface area (TPSA) is 70.4 Å². The number of rotatable bonds is 10. The molecular formula is C27H28N2O4S. The zero-order valence-corrected chi connectivity index (χ0v) is 20.3. The van der Waals surface area contributed by atoms with Crippen LogP contribution in [-0.2, 0) is 24.1 Å². The van der Waals surface area contributed by atoms with Crippen molar-refractivity contribution in [3.8, 4) is 5.75 Å². The number of ether oxygens (including phenoxy) is 2. The first-order valence-electron chi connectivity index (χ1n) is 11.5. The molecule has 0 saturated heterocycles. The number of esters is 1. The molecule has 0 spiro atoms. The predicted octanol–water partition coefficient (Wildman–Crippen LogP) is 5.20. The van der Waals surface area contributed by atoms with E-state index in [1.807, 2.05) is 42.5 Å². The molecule has 0 N–H and O–H groups in total. The van der Waals surface area contributed by atoms with Gasteiger partial charge in [0.15, 0.2) is 0 Å². The molecule has 0 fully saturated rings. The Hall–Kier alpha value is -3.45. The van der Waals surface area contributed by atoms with Crippen LogP contribution >= 0.6 is 11.3 Å². The Morgan fingerprint density at radius 1 is 1.03 bits per heavy atom. The summed E-state index contributed by atoms with van der Waals surface area (Å²) in [5.41, 5.74) is 2.86. The highest BCUT2D eigenvalue weighted by molar-refractivity contribution is 7.20. The summed E-state index contributed by atoms with van der Waals surface area (Å²) in [7, 11) is 0. The van der Waals surface area contributed by atoms with E-state index in [-0.39, 0.29) is 12.2 Å². The average Bonchev–Trinajstić information content (AvgIpc) is 3.21. The van der Waals surface area contributed by atoms with Gasteiger partial charge < -0.3 is 9.47 Å². The molecule has 4 rings (SSSR count). The molecule has 0 aliphatic heterocycles. The molecule has 0 saturated carbocycles. The van der Waals surface area contributed by atoms with Crippen LogP contribution in [0.1, 0.15) is 39.7 Å². The zero-order chi connectivity index (χ0) is 23.9. The van der Waals surface area contributed by atoms with Crippen LogP contribution in [0.4, 0.5) is 0 Å². The first-order valence-corrected chi connectivity index (χ1v) is 12.3. The van der Waals surface area contributed by atoms with E-state index in [1.165, 1.54) is 16.9 Å². The summed E-state index contributed by atoms with van der Waals surface area (Å²) in [4.78, 5) is 31.1. The van der Waals surface area contributed by atoms with E-state index >= 15 is 0 Å². The van der Waals surface area contributed by atoms with E-state index in [0.717, 1.165) is 17.7 Å². The fourth-order valence-electron chi connectivity index (χ4n) is 3.73. The van der Waals surface area contributed by atoms with Gasteiger partial charge in [0, 0.05) is 13.0 Å². The fourth-order valence-corrected chi connectivity index (χ4v) is 4.76. The quantitative estimate of drug-likeness (QED) is 0.232. The zero-order valence-electron chi connectivity index (χ0n) is 19.5. The van der Waals surface area contributed by atoms with Gasteiger partial charge in [-0.3, -0.25) is 9.36 Å². The van der Waals surface area contributed by atoms with Gasteiger partial charge in [-0.1, -0.05) is 49.4 Å². The Morgan fingerprint density at radius 3 is 2.53 bits per heavy atom. The molecule has 0 aliphatic rings. The molecule has 7 heteroatoms. The van der Waals surface area contributed by atoms with Gasteiger partial charge in [0.1, 0.15) is 15.5 Å². The van der Waals surface area contributed by atoms with E-state index in [4.69, 9.17) is 9.47 Å². The Balaban J connectivity index is 1.37. The Kier molecular flexibility index (Phi) is 7.75. The number of fused-ring (bicyclic) bond motifs is 1. The summed E-state index contributed by atoms with van der Waals surface area (Å²) in [6.07, 6.45) is 3.85. The Morgan fingerprint density at radius 2 is 1.79 bits per heavy atom. The third kappa shape index (κ3) is 5.54. The molecule has 34 heavy (non-hydrogen) atoms. The van der Waals surface area contributed by atoms with Gasteiger partial charge in [-0.05, 0) is 48.6 Å². The first-order chi connectivity index (χ1) is 16.6. The highest BCUT2D eigenvalue weighted by atomic mass is 32.1. The van der Waals surface area contributed by atoms with Crippen LogP contribution in [0.2, 0.25) is 0 Å². The standard InChI is InChI=1S/C27H28N2O4S/c1-3-20-10-12-22(13-11-20)32-16-7-15-29-18-28-25-23(26(29)30)19(2)24(34-25)27(31)33-17-14-21-8-5-4-6-9-21/h4-6,8-13,18H,3,7,14-17H2,1-2H3. The summed E-state index contributed by atoms with van der Waals surface area (Å²) < 4.78 is 12.8. The average molecular weight is 477 g/mol. The van der Waals surface area contributed by atoms with Crippen molar-refractivity contribution >= 4 is 27.5 Å². The highest BCUT2D eigenvalue weighted by Crippen LogP contribution is 2.27. The minimum Gasteiger partial charge on any atom is -0.494 e. The van der Waals surface area contributed by atoms with Gasteiger partial charge in [0.25, 0.3) is 5.56 Å². The number of hydrogen-bond donors (Lipinski definition) is 0. The maximum Gasteiger partial charge on any atom is 0.348 e. The molecule has 6 nitrogen and oxygen atoms in total. The monoisotopic (exact) mass is 476 g/mol. The smallest absolute Gasteiger partial charge is 0.348 e. The number of hydrogen-bond acceptors (Lipinski definition) is 6. The number of thiophene rings is 1. The SMILES string of the molecule is CCc1ccc(OCCCn2cnc3sc(C(=O)OCCc4ccccc4)c(C)c3c2=O)cc1. The molecule has 0 aliphatic carbocycles. The number of aryl methyl sites for hydroxylation is 3. The molecule has 2 aromatic heterocycles. The minimum atomic E-state index is -0.412. The van der Waals surface area contributed by atoms with Crippen molar-refractivity contribution in [1.29, 1.82) is 0 Å². The lowest BCUT2D eigenvalue weighted by atomic mass is 10.2. The molecule has 2 heterocycles. The molecule has 0 amide bonds. The van der Waals surface area contributed by atoms with Crippen LogP contribution in [0.5, 0.6) is 5.75 Å². The normalized spacial score (nSPS) is 11.0.